The van der Waals surface area contributed by atoms with E-state index in [1.807, 2.05) is 30.0 Å². The molecule has 4 amide bonds. The van der Waals surface area contributed by atoms with Crippen LogP contribution in [0.2, 0.25) is 0 Å². The summed E-state index contributed by atoms with van der Waals surface area (Å²) in [5.74, 6) is 2.35. The second-order valence-corrected chi connectivity index (χ2v) is 17.6. The molecule has 10 heteroatoms. The van der Waals surface area contributed by atoms with Gasteiger partial charge in [-0.25, -0.2) is 4.79 Å². The van der Waals surface area contributed by atoms with Crippen LogP contribution in [0.25, 0.3) is 0 Å². The first-order valence-electron chi connectivity index (χ1n) is 23.1. The summed E-state index contributed by atoms with van der Waals surface area (Å²) >= 11 is 1.93. The zero-order valence-electron chi connectivity index (χ0n) is 35.5. The smallest absolute Gasteiger partial charge is 0.315 e. The molecule has 0 radical (unpaired) electrons. The first kappa shape index (κ1) is 47.8. The summed E-state index contributed by atoms with van der Waals surface area (Å²) in [4.78, 5) is 37.2. The number of amides is 4. The molecule has 3 rings (SSSR count). The Morgan fingerprint density at radius 2 is 1.12 bits per heavy atom. The monoisotopic (exact) mass is 801 g/mol. The number of fused-ring (bicyclic) bond motifs is 1. The van der Waals surface area contributed by atoms with Gasteiger partial charge in [0.1, 0.15) is 11.5 Å². The minimum atomic E-state index is -0.117. The third kappa shape index (κ3) is 21.8. The molecule has 2 heterocycles. The number of benzene rings is 1. The summed E-state index contributed by atoms with van der Waals surface area (Å²) in [6.07, 6.45) is 31.7. The molecule has 2 saturated heterocycles. The largest absolute Gasteiger partial charge is 0.493 e. The lowest BCUT2D eigenvalue weighted by Crippen LogP contribution is -2.36. The fraction of sp³-hybridized carbons (Fsp3) is 0.804. The van der Waals surface area contributed by atoms with E-state index in [-0.39, 0.29) is 29.9 Å². The number of hydrogen-bond acceptors (Lipinski definition) is 6. The molecule has 2 fully saturated rings. The number of urea groups is 1. The van der Waals surface area contributed by atoms with Gasteiger partial charge in [0.05, 0.1) is 25.3 Å². The number of carbonyl (C=O) groups is 3. The van der Waals surface area contributed by atoms with Crippen LogP contribution < -0.4 is 30.7 Å². The van der Waals surface area contributed by atoms with Gasteiger partial charge in [-0.3, -0.25) is 9.59 Å². The van der Waals surface area contributed by atoms with Crippen molar-refractivity contribution in [3.8, 4) is 11.5 Å². The lowest BCUT2D eigenvalue weighted by atomic mass is 10.0. The van der Waals surface area contributed by atoms with Crippen LogP contribution in [-0.4, -0.2) is 67.2 Å². The topological polar surface area (TPSA) is 118 Å². The van der Waals surface area contributed by atoms with Crippen molar-refractivity contribution in [1.29, 1.82) is 0 Å². The van der Waals surface area contributed by atoms with E-state index < -0.39 is 0 Å². The van der Waals surface area contributed by atoms with Gasteiger partial charge in [-0.05, 0) is 50.7 Å². The van der Waals surface area contributed by atoms with Crippen molar-refractivity contribution in [3.05, 3.63) is 23.8 Å². The van der Waals surface area contributed by atoms with Crippen LogP contribution in [0, 0.1) is 0 Å². The maximum atomic E-state index is 13.2. The highest BCUT2D eigenvalue weighted by molar-refractivity contribution is 8.00. The minimum Gasteiger partial charge on any atom is -0.493 e. The zero-order chi connectivity index (χ0) is 39.9. The molecule has 1 aromatic carbocycles. The molecule has 2 aliphatic heterocycles. The van der Waals surface area contributed by atoms with Gasteiger partial charge in [0.2, 0.25) is 5.91 Å². The highest BCUT2D eigenvalue weighted by Gasteiger charge is 2.42. The molecule has 9 nitrogen and oxygen atoms in total. The van der Waals surface area contributed by atoms with Gasteiger partial charge in [-0.15, -0.1) is 0 Å². The highest BCUT2D eigenvalue weighted by Crippen LogP contribution is 2.33. The number of thioether (sulfide) groups is 1. The summed E-state index contributed by atoms with van der Waals surface area (Å²) in [6, 6.07) is 6.08. The van der Waals surface area contributed by atoms with Crippen molar-refractivity contribution in [2.24, 2.45) is 0 Å². The third-order valence-corrected chi connectivity index (χ3v) is 12.7. The van der Waals surface area contributed by atoms with Crippen LogP contribution in [0.4, 0.5) is 4.79 Å². The Labute approximate surface area is 345 Å². The Kier molecular flexibility index (Phi) is 26.8. The quantitative estimate of drug-likeness (QED) is 0.0397. The number of carbonyl (C=O) groups excluding carboxylic acids is 3. The number of nitrogens with one attached hydrogen (secondary N) is 4. The number of ether oxygens (including phenoxy) is 2. The fourth-order valence-electron chi connectivity index (χ4n) is 7.75. The molecule has 1 aromatic rings. The highest BCUT2D eigenvalue weighted by atomic mass is 32.2. The van der Waals surface area contributed by atoms with Crippen molar-refractivity contribution in [2.45, 2.75) is 205 Å². The first-order chi connectivity index (χ1) is 27.5. The van der Waals surface area contributed by atoms with Crippen molar-refractivity contribution < 1.29 is 23.9 Å². The number of hydrogen-bond donors (Lipinski definition) is 4. The molecule has 3 atom stereocenters. The van der Waals surface area contributed by atoms with E-state index in [0.717, 1.165) is 57.1 Å². The molecule has 56 heavy (non-hydrogen) atoms. The Balaban J connectivity index is 1.29. The molecule has 0 bridgehead atoms. The van der Waals surface area contributed by atoms with Crippen LogP contribution in [0.1, 0.15) is 198 Å². The van der Waals surface area contributed by atoms with Gasteiger partial charge < -0.3 is 30.7 Å². The molecule has 0 spiro atoms. The van der Waals surface area contributed by atoms with Gasteiger partial charge in [-0.1, -0.05) is 142 Å². The van der Waals surface area contributed by atoms with Gasteiger partial charge in [0.15, 0.2) is 0 Å². The molecular weight excluding hydrogens is 721 g/mol. The van der Waals surface area contributed by atoms with Crippen LogP contribution in [0.3, 0.4) is 0 Å². The summed E-state index contributed by atoms with van der Waals surface area (Å²) in [7, 11) is 0. The van der Waals surface area contributed by atoms with Crippen LogP contribution in [0.15, 0.2) is 18.2 Å². The predicted molar refractivity (Wildman–Crippen MR) is 234 cm³/mol. The van der Waals surface area contributed by atoms with Crippen LogP contribution in [-0.2, 0) is 4.79 Å². The Morgan fingerprint density at radius 3 is 1.70 bits per heavy atom. The van der Waals surface area contributed by atoms with Crippen molar-refractivity contribution in [3.63, 3.8) is 0 Å². The third-order valence-electron chi connectivity index (χ3n) is 11.2. The average Bonchev–Trinajstić information content (AvgIpc) is 3.76. The molecule has 3 unspecified atom stereocenters. The number of unbranched alkanes of at least 4 members (excludes halogenated alkanes) is 21. The Hall–Kier alpha value is -2.62. The van der Waals surface area contributed by atoms with E-state index in [1.54, 1.807) is 0 Å². The molecule has 0 aromatic heterocycles. The van der Waals surface area contributed by atoms with Crippen molar-refractivity contribution in [2.75, 3.05) is 32.1 Å². The Morgan fingerprint density at radius 1 is 0.625 bits per heavy atom. The predicted octanol–water partition coefficient (Wildman–Crippen LogP) is 11.0. The molecule has 0 aliphatic carbocycles. The normalized spacial score (nSPS) is 17.3. The minimum absolute atomic E-state index is 0.0426. The zero-order valence-corrected chi connectivity index (χ0v) is 36.4. The molecular formula is C46H80N4O5S. The van der Waals surface area contributed by atoms with Crippen molar-refractivity contribution in [1.82, 2.24) is 21.3 Å². The maximum absolute atomic E-state index is 13.2. The summed E-state index contributed by atoms with van der Waals surface area (Å²) < 4.78 is 12.3. The van der Waals surface area contributed by atoms with Crippen LogP contribution >= 0.6 is 11.8 Å². The molecule has 320 valence electrons. The number of rotatable bonds is 36. The SMILES string of the molecule is CCCCCCCCCCCCOc1cc(OCCCCCCCCCCCC)cc(C(=O)NCCCCCC(=O)NCCCCC2SCC3NC(=O)NC32)c1. The van der Waals surface area contributed by atoms with Crippen LogP contribution in [0.5, 0.6) is 11.5 Å². The van der Waals surface area contributed by atoms with E-state index in [0.29, 0.717) is 55.0 Å². The van der Waals surface area contributed by atoms with Gasteiger partial charge >= 0.3 is 6.03 Å². The van der Waals surface area contributed by atoms with E-state index >= 15 is 0 Å². The van der Waals surface area contributed by atoms with E-state index in [4.69, 9.17) is 9.47 Å². The van der Waals surface area contributed by atoms with Gasteiger partial charge in [0, 0.05) is 42.1 Å². The van der Waals surface area contributed by atoms with Gasteiger partial charge in [0.25, 0.3) is 5.91 Å². The van der Waals surface area contributed by atoms with E-state index in [2.05, 4.69) is 35.1 Å². The van der Waals surface area contributed by atoms with E-state index in [9.17, 15) is 14.4 Å². The standard InChI is InChI=1S/C46H80N4O5S/c1-3-5-7-9-11-13-15-17-19-26-32-54-39-34-38(35-40(36-39)55-33-27-20-18-16-14-12-10-8-6-4-2)45(52)48-31-24-21-22-29-43(51)47-30-25-23-28-42-44-41(37-56-42)49-46(53)50-44/h34-36,41-42,44H,3-33,37H2,1-2H3,(H,47,51)(H,48,52)(H2,49,50,53). The summed E-state index contributed by atoms with van der Waals surface area (Å²) in [5.41, 5.74) is 0.569. The second kappa shape index (κ2) is 31.4. The maximum Gasteiger partial charge on any atom is 0.315 e. The average molecular weight is 801 g/mol. The molecule has 2 aliphatic rings. The molecule has 4 N–H and O–H groups in total. The fourth-order valence-corrected chi connectivity index (χ4v) is 9.29. The second-order valence-electron chi connectivity index (χ2n) is 16.3. The Bertz CT molecular complexity index is 1160. The van der Waals surface area contributed by atoms with Gasteiger partial charge in [-0.2, -0.15) is 11.8 Å². The lowest BCUT2D eigenvalue weighted by molar-refractivity contribution is -0.121. The van der Waals surface area contributed by atoms with E-state index in [1.165, 1.54) is 116 Å². The van der Waals surface area contributed by atoms with Crippen molar-refractivity contribution >= 4 is 29.6 Å². The summed E-state index contributed by atoms with van der Waals surface area (Å²) in [6.45, 7) is 7.08. The summed E-state index contributed by atoms with van der Waals surface area (Å²) in [5, 5.41) is 12.6. The lowest BCUT2D eigenvalue weighted by Gasteiger charge is -2.16. The first-order valence-corrected chi connectivity index (χ1v) is 24.2. The molecule has 0 saturated carbocycles.